The van der Waals surface area contributed by atoms with Crippen molar-refractivity contribution in [1.29, 1.82) is 0 Å². The quantitative estimate of drug-likeness (QED) is 0.861. The van der Waals surface area contributed by atoms with Crippen molar-refractivity contribution in [2.45, 2.75) is 19.5 Å². The van der Waals surface area contributed by atoms with Gasteiger partial charge in [-0.15, -0.1) is 0 Å². The van der Waals surface area contributed by atoms with Crippen LogP contribution in [0.1, 0.15) is 11.1 Å². The maximum absolute atomic E-state index is 12.5. The molecule has 1 aliphatic heterocycles. The first-order valence-corrected chi connectivity index (χ1v) is 8.88. The second-order valence-corrected chi connectivity index (χ2v) is 7.11. The summed E-state index contributed by atoms with van der Waals surface area (Å²) in [6.07, 6.45) is 3.89. The Hall–Kier alpha value is -1.90. The highest BCUT2D eigenvalue weighted by Crippen LogP contribution is 2.21. The molecule has 0 aliphatic carbocycles. The lowest BCUT2D eigenvalue weighted by Gasteiger charge is -2.27. The molecular weight excluding hydrogens is 316 g/mol. The van der Waals surface area contributed by atoms with E-state index in [0.717, 1.165) is 12.0 Å². The van der Waals surface area contributed by atoms with E-state index in [-0.39, 0.29) is 0 Å². The van der Waals surface area contributed by atoms with E-state index in [1.165, 1.54) is 16.1 Å². The molecule has 0 spiro atoms. The molecule has 1 aromatic carbocycles. The molecule has 0 radical (unpaired) electrons. The van der Waals surface area contributed by atoms with Crippen LogP contribution in [0.2, 0.25) is 0 Å². The van der Waals surface area contributed by atoms with Crippen molar-refractivity contribution in [3.63, 3.8) is 0 Å². The Labute approximate surface area is 136 Å². The predicted octanol–water partition coefficient (Wildman–Crippen LogP) is 1.24. The SMILES string of the molecule is COCCn1cc(NS(=O)(=O)N2CCc3ccccc3C2)cn1. The van der Waals surface area contributed by atoms with Gasteiger partial charge in [-0.2, -0.15) is 17.8 Å². The smallest absolute Gasteiger partial charge is 0.302 e. The molecule has 2 heterocycles. The Morgan fingerprint density at radius 2 is 2.09 bits per heavy atom. The molecule has 1 aromatic heterocycles. The van der Waals surface area contributed by atoms with Gasteiger partial charge in [0.05, 0.1) is 25.0 Å². The van der Waals surface area contributed by atoms with Crippen LogP contribution >= 0.6 is 0 Å². The summed E-state index contributed by atoms with van der Waals surface area (Å²) < 4.78 is 35.8. The third kappa shape index (κ3) is 3.72. The normalized spacial score (nSPS) is 15.3. The molecule has 23 heavy (non-hydrogen) atoms. The summed E-state index contributed by atoms with van der Waals surface area (Å²) in [5.41, 5.74) is 2.73. The summed E-state index contributed by atoms with van der Waals surface area (Å²) in [6.45, 7) is 1.97. The first-order chi connectivity index (χ1) is 11.1. The largest absolute Gasteiger partial charge is 0.383 e. The third-order valence-electron chi connectivity index (χ3n) is 3.84. The third-order valence-corrected chi connectivity index (χ3v) is 5.33. The van der Waals surface area contributed by atoms with Gasteiger partial charge in [-0.1, -0.05) is 24.3 Å². The van der Waals surface area contributed by atoms with Crippen LogP contribution in [-0.4, -0.2) is 42.8 Å². The van der Waals surface area contributed by atoms with Gasteiger partial charge in [0.2, 0.25) is 0 Å². The molecule has 0 atom stereocenters. The van der Waals surface area contributed by atoms with Gasteiger partial charge in [-0.05, 0) is 17.5 Å². The van der Waals surface area contributed by atoms with Gasteiger partial charge >= 0.3 is 10.2 Å². The summed E-state index contributed by atoms with van der Waals surface area (Å²) in [6, 6.07) is 7.93. The minimum Gasteiger partial charge on any atom is -0.383 e. The number of anilines is 1. The number of nitrogens with one attached hydrogen (secondary N) is 1. The van der Waals surface area contributed by atoms with Crippen molar-refractivity contribution in [2.75, 3.05) is 25.0 Å². The summed E-state index contributed by atoms with van der Waals surface area (Å²) in [5, 5.41) is 4.11. The lowest BCUT2D eigenvalue weighted by atomic mass is 10.0. The molecule has 8 heteroatoms. The number of hydrogen-bond donors (Lipinski definition) is 1. The van der Waals surface area contributed by atoms with E-state index in [4.69, 9.17) is 4.74 Å². The van der Waals surface area contributed by atoms with Gasteiger partial charge in [0, 0.05) is 26.4 Å². The van der Waals surface area contributed by atoms with E-state index in [9.17, 15) is 8.42 Å². The number of ether oxygens (including phenoxy) is 1. The molecular formula is C15H20N4O3S. The summed E-state index contributed by atoms with van der Waals surface area (Å²) in [7, 11) is -1.98. The topological polar surface area (TPSA) is 76.5 Å². The van der Waals surface area contributed by atoms with Crippen molar-refractivity contribution >= 4 is 15.9 Å². The molecule has 0 bridgehead atoms. The van der Waals surface area contributed by atoms with E-state index >= 15 is 0 Å². The Morgan fingerprint density at radius 1 is 1.30 bits per heavy atom. The summed E-state index contributed by atoms with van der Waals surface area (Å²) in [4.78, 5) is 0. The number of rotatable bonds is 6. The Morgan fingerprint density at radius 3 is 2.87 bits per heavy atom. The van der Waals surface area contributed by atoms with Crippen LogP contribution in [0.3, 0.4) is 0 Å². The minimum absolute atomic E-state index is 0.392. The fourth-order valence-corrected chi connectivity index (χ4v) is 3.78. The molecule has 124 valence electrons. The molecule has 1 aliphatic rings. The highest BCUT2D eigenvalue weighted by atomic mass is 32.2. The first-order valence-electron chi connectivity index (χ1n) is 7.44. The number of nitrogens with zero attached hydrogens (tertiary/aromatic N) is 3. The highest BCUT2D eigenvalue weighted by Gasteiger charge is 2.26. The molecule has 0 saturated carbocycles. The summed E-state index contributed by atoms with van der Waals surface area (Å²) >= 11 is 0. The first kappa shape index (κ1) is 16.0. The van der Waals surface area contributed by atoms with Gasteiger partial charge in [0.15, 0.2) is 0 Å². The average Bonchev–Trinajstić information content (AvgIpc) is 2.99. The zero-order valence-corrected chi connectivity index (χ0v) is 13.8. The van der Waals surface area contributed by atoms with Gasteiger partial charge in [0.1, 0.15) is 0 Å². The molecule has 2 aromatic rings. The van der Waals surface area contributed by atoms with Crippen molar-refractivity contribution < 1.29 is 13.2 Å². The van der Waals surface area contributed by atoms with E-state index in [2.05, 4.69) is 9.82 Å². The maximum Gasteiger partial charge on any atom is 0.302 e. The molecule has 7 nitrogen and oxygen atoms in total. The maximum atomic E-state index is 12.5. The molecule has 0 saturated heterocycles. The lowest BCUT2D eigenvalue weighted by molar-refractivity contribution is 0.183. The van der Waals surface area contributed by atoms with E-state index < -0.39 is 10.2 Å². The van der Waals surface area contributed by atoms with E-state index in [1.807, 2.05) is 24.3 Å². The average molecular weight is 336 g/mol. The van der Waals surface area contributed by atoms with Crippen molar-refractivity contribution in [3.05, 3.63) is 47.8 Å². The zero-order valence-electron chi connectivity index (χ0n) is 13.0. The van der Waals surface area contributed by atoms with Crippen LogP contribution in [0.5, 0.6) is 0 Å². The molecule has 0 fully saturated rings. The van der Waals surface area contributed by atoms with Crippen LogP contribution in [0.15, 0.2) is 36.7 Å². The minimum atomic E-state index is -3.59. The van der Waals surface area contributed by atoms with Crippen molar-refractivity contribution in [3.8, 4) is 0 Å². The van der Waals surface area contributed by atoms with Crippen molar-refractivity contribution in [1.82, 2.24) is 14.1 Å². The predicted molar refractivity (Wildman–Crippen MR) is 87.2 cm³/mol. The molecule has 0 unspecified atom stereocenters. The second kappa shape index (κ2) is 6.69. The Balaban J connectivity index is 1.69. The summed E-state index contributed by atoms with van der Waals surface area (Å²) in [5.74, 6) is 0. The van der Waals surface area contributed by atoms with E-state index in [0.29, 0.717) is 31.9 Å². The zero-order chi connectivity index (χ0) is 16.3. The number of fused-ring (bicyclic) bond motifs is 1. The van der Waals surface area contributed by atoms with Crippen molar-refractivity contribution in [2.24, 2.45) is 0 Å². The monoisotopic (exact) mass is 336 g/mol. The highest BCUT2D eigenvalue weighted by molar-refractivity contribution is 7.90. The van der Waals surface area contributed by atoms with Gasteiger partial charge in [0.25, 0.3) is 0 Å². The van der Waals surface area contributed by atoms with Gasteiger partial charge < -0.3 is 4.74 Å². The standard InChI is InChI=1S/C15H20N4O3S/c1-22-9-8-18-12-15(10-16-18)17-23(20,21)19-7-6-13-4-2-3-5-14(13)11-19/h2-5,10,12,17H,6-9,11H2,1H3. The van der Waals surface area contributed by atoms with E-state index in [1.54, 1.807) is 18.0 Å². The van der Waals surface area contributed by atoms with Crippen LogP contribution < -0.4 is 4.72 Å². The fraction of sp³-hybridized carbons (Fsp3) is 0.400. The lowest BCUT2D eigenvalue weighted by Crippen LogP contribution is -2.39. The second-order valence-electron chi connectivity index (χ2n) is 5.44. The molecule has 1 N–H and O–H groups in total. The van der Waals surface area contributed by atoms with Crippen LogP contribution in [-0.2, 0) is 34.5 Å². The molecule has 0 amide bonds. The molecule has 3 rings (SSSR count). The fourth-order valence-electron chi connectivity index (χ4n) is 2.61. The van der Waals surface area contributed by atoms with Crippen LogP contribution in [0.4, 0.5) is 5.69 Å². The Kier molecular flexibility index (Phi) is 4.65. The number of aromatic nitrogens is 2. The number of methoxy groups -OCH3 is 1. The van der Waals surface area contributed by atoms with Crippen LogP contribution in [0.25, 0.3) is 0 Å². The number of hydrogen-bond acceptors (Lipinski definition) is 4. The van der Waals surface area contributed by atoms with Gasteiger partial charge in [-0.25, -0.2) is 0 Å². The Bertz CT molecular complexity index is 773. The van der Waals surface area contributed by atoms with Gasteiger partial charge in [-0.3, -0.25) is 9.40 Å². The van der Waals surface area contributed by atoms with Crippen LogP contribution in [0, 0.1) is 0 Å². The number of benzene rings is 1.